The molecule has 0 spiro atoms. The van der Waals surface area contributed by atoms with Gasteiger partial charge in [-0.25, -0.2) is 0 Å². The maximum Gasteiger partial charge on any atom is 0.118 e. The van der Waals surface area contributed by atoms with E-state index >= 15 is 0 Å². The van der Waals surface area contributed by atoms with Crippen LogP contribution in [-0.4, -0.2) is 0 Å². The molecule has 0 amide bonds. The van der Waals surface area contributed by atoms with Gasteiger partial charge in [-0.2, -0.15) is 0 Å². The second-order valence-electron chi connectivity index (χ2n) is 1.98. The van der Waals surface area contributed by atoms with Crippen LogP contribution in [-0.2, 0) is 6.42 Å². The van der Waals surface area contributed by atoms with Crippen molar-refractivity contribution in [2.75, 3.05) is 0 Å². The molecule has 0 unspecified atom stereocenters. The lowest BCUT2D eigenvalue weighted by Gasteiger charge is -1.86. The average Bonchev–Trinajstić information content (AvgIpc) is 2.10. The molecule has 1 aromatic heterocycles. The van der Waals surface area contributed by atoms with Gasteiger partial charge < -0.3 is 4.42 Å². The van der Waals surface area contributed by atoms with Crippen LogP contribution in [0.2, 0.25) is 0 Å². The Balaban J connectivity index is 3.01. The fraction of sp³-hybridized carbons (Fsp3) is 0.429. The molecule has 0 fully saturated rings. The van der Waals surface area contributed by atoms with Gasteiger partial charge in [0.25, 0.3) is 0 Å². The molecule has 9 heavy (non-hydrogen) atoms. The summed E-state index contributed by atoms with van der Waals surface area (Å²) in [7, 11) is 0. The summed E-state index contributed by atoms with van der Waals surface area (Å²) in [4.78, 5) is 0. The van der Waals surface area contributed by atoms with E-state index < -0.39 is 0 Å². The van der Waals surface area contributed by atoms with Crippen LogP contribution >= 0.6 is 15.9 Å². The van der Waals surface area contributed by atoms with Crippen molar-refractivity contribution >= 4 is 15.9 Å². The number of aryl methyl sites for hydroxylation is 2. The summed E-state index contributed by atoms with van der Waals surface area (Å²) < 4.78 is 6.40. The number of rotatable bonds is 1. The molecule has 1 rings (SSSR count). The van der Waals surface area contributed by atoms with E-state index in [2.05, 4.69) is 22.9 Å². The summed E-state index contributed by atoms with van der Waals surface area (Å²) in [6, 6.07) is 1.98. The van der Waals surface area contributed by atoms with Crippen LogP contribution in [0.1, 0.15) is 18.4 Å². The smallest absolute Gasteiger partial charge is 0.118 e. The van der Waals surface area contributed by atoms with Crippen LogP contribution in [0.15, 0.2) is 15.0 Å². The summed E-state index contributed by atoms with van der Waals surface area (Å²) in [6.45, 7) is 4.02. The Bertz CT molecular complexity index is 203. The van der Waals surface area contributed by atoms with Gasteiger partial charge >= 0.3 is 0 Å². The van der Waals surface area contributed by atoms with Gasteiger partial charge in [0.2, 0.25) is 0 Å². The highest BCUT2D eigenvalue weighted by atomic mass is 79.9. The molecule has 1 aromatic rings. The van der Waals surface area contributed by atoms with E-state index in [9.17, 15) is 0 Å². The maximum atomic E-state index is 5.32. The van der Waals surface area contributed by atoms with Gasteiger partial charge in [-0.15, -0.1) is 0 Å². The number of furan rings is 1. The molecule has 0 aliphatic heterocycles. The highest BCUT2D eigenvalue weighted by Crippen LogP contribution is 2.20. The van der Waals surface area contributed by atoms with E-state index in [-0.39, 0.29) is 0 Å². The normalized spacial score (nSPS) is 10.1. The molecule has 0 aromatic carbocycles. The lowest BCUT2D eigenvalue weighted by atomic mass is 10.4. The Morgan fingerprint density at radius 2 is 2.33 bits per heavy atom. The molecule has 1 nitrogen and oxygen atoms in total. The van der Waals surface area contributed by atoms with Crippen LogP contribution in [0.5, 0.6) is 0 Å². The molecule has 0 radical (unpaired) electrons. The summed E-state index contributed by atoms with van der Waals surface area (Å²) in [6.07, 6.45) is 0.953. The van der Waals surface area contributed by atoms with Crippen LogP contribution in [0.25, 0.3) is 0 Å². The number of hydrogen-bond donors (Lipinski definition) is 0. The minimum absolute atomic E-state index is 0.953. The molecule has 0 bridgehead atoms. The first kappa shape index (κ1) is 6.87. The van der Waals surface area contributed by atoms with Crippen LogP contribution in [0.3, 0.4) is 0 Å². The second kappa shape index (κ2) is 2.56. The monoisotopic (exact) mass is 188 g/mol. The van der Waals surface area contributed by atoms with Gasteiger partial charge in [0.15, 0.2) is 0 Å². The fourth-order valence-corrected chi connectivity index (χ4v) is 1.46. The predicted octanol–water partition coefficient (Wildman–Crippen LogP) is 2.91. The molecule has 50 valence electrons. The SMILES string of the molecule is CCc1oc(C)cc1Br. The summed E-state index contributed by atoms with van der Waals surface area (Å²) in [5.74, 6) is 2.01. The first-order valence-electron chi connectivity index (χ1n) is 2.99. The summed E-state index contributed by atoms with van der Waals surface area (Å²) in [5.41, 5.74) is 0. The highest BCUT2D eigenvalue weighted by molar-refractivity contribution is 9.10. The van der Waals surface area contributed by atoms with Crippen molar-refractivity contribution in [1.29, 1.82) is 0 Å². The zero-order valence-corrected chi connectivity index (χ0v) is 7.16. The zero-order valence-electron chi connectivity index (χ0n) is 5.57. The Labute approximate surface area is 63.2 Å². The van der Waals surface area contributed by atoms with Crippen molar-refractivity contribution in [3.63, 3.8) is 0 Å². The summed E-state index contributed by atoms with van der Waals surface area (Å²) >= 11 is 3.38. The van der Waals surface area contributed by atoms with E-state index in [1.807, 2.05) is 13.0 Å². The van der Waals surface area contributed by atoms with Gasteiger partial charge in [-0.3, -0.25) is 0 Å². The largest absolute Gasteiger partial charge is 0.465 e. The predicted molar refractivity (Wildman–Crippen MR) is 40.5 cm³/mol. The molecule has 0 N–H and O–H groups in total. The minimum Gasteiger partial charge on any atom is -0.465 e. The lowest BCUT2D eigenvalue weighted by Crippen LogP contribution is -1.71. The highest BCUT2D eigenvalue weighted by Gasteiger charge is 2.01. The van der Waals surface area contributed by atoms with Crippen molar-refractivity contribution < 1.29 is 4.42 Å². The molecule has 0 aliphatic rings. The minimum atomic E-state index is 0.953. The molecule has 2 heteroatoms. The molecule has 1 heterocycles. The average molecular weight is 189 g/mol. The van der Waals surface area contributed by atoms with Crippen LogP contribution < -0.4 is 0 Å². The molecular formula is C7H9BrO. The van der Waals surface area contributed by atoms with Gasteiger partial charge in [0, 0.05) is 6.42 Å². The number of hydrogen-bond acceptors (Lipinski definition) is 1. The van der Waals surface area contributed by atoms with Crippen molar-refractivity contribution in [2.45, 2.75) is 20.3 Å². The van der Waals surface area contributed by atoms with Crippen molar-refractivity contribution in [3.8, 4) is 0 Å². The molecule has 0 atom stereocenters. The zero-order chi connectivity index (χ0) is 6.85. The van der Waals surface area contributed by atoms with Gasteiger partial charge in [0.1, 0.15) is 11.5 Å². The third-order valence-corrected chi connectivity index (χ3v) is 1.87. The Morgan fingerprint density at radius 1 is 1.67 bits per heavy atom. The molecule has 0 saturated heterocycles. The van der Waals surface area contributed by atoms with Crippen molar-refractivity contribution in [2.24, 2.45) is 0 Å². The topological polar surface area (TPSA) is 13.1 Å². The van der Waals surface area contributed by atoms with Crippen molar-refractivity contribution in [1.82, 2.24) is 0 Å². The van der Waals surface area contributed by atoms with E-state index in [0.717, 1.165) is 22.4 Å². The Morgan fingerprint density at radius 3 is 2.56 bits per heavy atom. The first-order chi connectivity index (χ1) is 4.24. The van der Waals surface area contributed by atoms with Gasteiger partial charge in [0.05, 0.1) is 4.47 Å². The van der Waals surface area contributed by atoms with E-state index in [4.69, 9.17) is 4.42 Å². The van der Waals surface area contributed by atoms with Gasteiger partial charge in [-0.1, -0.05) is 6.92 Å². The quantitative estimate of drug-likeness (QED) is 0.661. The first-order valence-corrected chi connectivity index (χ1v) is 3.78. The molecule has 0 saturated carbocycles. The number of halogens is 1. The van der Waals surface area contributed by atoms with Crippen LogP contribution in [0, 0.1) is 6.92 Å². The maximum absolute atomic E-state index is 5.32. The molecular weight excluding hydrogens is 180 g/mol. The second-order valence-corrected chi connectivity index (χ2v) is 2.84. The summed E-state index contributed by atoms with van der Waals surface area (Å²) in [5, 5.41) is 0. The third kappa shape index (κ3) is 1.36. The standard InChI is InChI=1S/C7H9BrO/c1-3-7-6(8)4-5(2)9-7/h4H,3H2,1-2H3. The van der Waals surface area contributed by atoms with Crippen molar-refractivity contribution in [3.05, 3.63) is 22.1 Å². The van der Waals surface area contributed by atoms with E-state index in [0.29, 0.717) is 0 Å². The third-order valence-electron chi connectivity index (χ3n) is 1.20. The fourth-order valence-electron chi connectivity index (χ4n) is 0.773. The van der Waals surface area contributed by atoms with E-state index in [1.165, 1.54) is 0 Å². The Kier molecular flexibility index (Phi) is 1.96. The van der Waals surface area contributed by atoms with Crippen LogP contribution in [0.4, 0.5) is 0 Å². The molecule has 0 aliphatic carbocycles. The lowest BCUT2D eigenvalue weighted by molar-refractivity contribution is 0.487. The Hall–Kier alpha value is -0.240. The van der Waals surface area contributed by atoms with Gasteiger partial charge in [-0.05, 0) is 28.9 Å². The van der Waals surface area contributed by atoms with E-state index in [1.54, 1.807) is 0 Å².